The minimum atomic E-state index is -0.179. The van der Waals surface area contributed by atoms with Crippen molar-refractivity contribution >= 4 is 158 Å². The Kier molecular flexibility index (Phi) is 9.92. The second kappa shape index (κ2) is 17.8. The molecule has 10 heteroatoms. The van der Waals surface area contributed by atoms with Crippen LogP contribution in [0.3, 0.4) is 0 Å². The van der Waals surface area contributed by atoms with Crippen LogP contribution in [0.4, 0.5) is 56.9 Å². The van der Waals surface area contributed by atoms with Crippen molar-refractivity contribution in [1.82, 2.24) is 9.13 Å². The molecular weight excluding hydrogens is 1040 g/mol. The number of nitrogens with zero attached hydrogens (tertiary/aromatic N) is 7. The van der Waals surface area contributed by atoms with Crippen molar-refractivity contribution in [3.8, 4) is 17.4 Å². The third-order valence-electron chi connectivity index (χ3n) is 17.9. The zero-order valence-corrected chi connectivity index (χ0v) is 45.8. The van der Waals surface area contributed by atoms with Crippen molar-refractivity contribution in [2.45, 2.75) is 9.79 Å². The summed E-state index contributed by atoms with van der Waals surface area (Å²) in [6.45, 7) is 8.18. The molecule has 2 aromatic heterocycles. The number of para-hydroxylation sites is 8. The van der Waals surface area contributed by atoms with Crippen LogP contribution < -0.4 is 47.5 Å². The van der Waals surface area contributed by atoms with Gasteiger partial charge in [-0.05, 0) is 130 Å². The molecule has 84 heavy (non-hydrogen) atoms. The van der Waals surface area contributed by atoms with Gasteiger partial charge in [0.1, 0.15) is 6.07 Å². The van der Waals surface area contributed by atoms with E-state index in [9.17, 15) is 5.26 Å². The van der Waals surface area contributed by atoms with Crippen LogP contribution in [-0.2, 0) is 0 Å². The summed E-state index contributed by atoms with van der Waals surface area (Å²) in [7, 11) is 0. The summed E-state index contributed by atoms with van der Waals surface area (Å²) < 4.78 is 4.65. The van der Waals surface area contributed by atoms with E-state index in [0.29, 0.717) is 11.3 Å². The first kappa shape index (κ1) is 46.8. The lowest BCUT2D eigenvalue weighted by molar-refractivity contribution is 1.15. The Bertz CT molecular complexity index is 5260. The molecular formula is C74H43B2N7S. The summed E-state index contributed by atoms with van der Waals surface area (Å²) in [6, 6.07) is 97.1. The van der Waals surface area contributed by atoms with Gasteiger partial charge in [-0.25, -0.2) is 4.85 Å². The molecule has 4 aliphatic rings. The Morgan fingerprint density at radius 3 is 1.45 bits per heavy atom. The molecule has 0 fully saturated rings. The minimum Gasteiger partial charge on any atom is -0.319 e. The van der Waals surface area contributed by atoms with E-state index < -0.39 is 0 Å². The maximum Gasteiger partial charge on any atom is 0.252 e. The lowest BCUT2D eigenvalue weighted by Gasteiger charge is -2.46. The van der Waals surface area contributed by atoms with Crippen molar-refractivity contribution in [2.75, 3.05) is 14.7 Å². The zero-order chi connectivity index (χ0) is 55.3. The second-order valence-electron chi connectivity index (χ2n) is 22.1. The fourth-order valence-corrected chi connectivity index (χ4v) is 15.9. The molecule has 0 amide bonds. The van der Waals surface area contributed by atoms with Gasteiger partial charge in [-0.3, -0.25) is 0 Å². The third-order valence-corrected chi connectivity index (χ3v) is 19.1. The summed E-state index contributed by atoms with van der Waals surface area (Å²) in [6.07, 6.45) is 0. The topological polar surface area (TPSA) is 47.7 Å². The number of hydrogen-bond acceptors (Lipinski definition) is 5. The van der Waals surface area contributed by atoms with E-state index in [0.717, 1.165) is 106 Å². The van der Waals surface area contributed by atoms with E-state index in [1.54, 1.807) is 0 Å². The predicted octanol–water partition coefficient (Wildman–Crippen LogP) is 15.1. The number of anilines is 9. The highest BCUT2D eigenvalue weighted by molar-refractivity contribution is 8.00. The standard InChI is InChI=1S/C74H43B2N7S/c1-78-60-34-20-31-55-53-29-12-16-36-62(53)83(74(55)60)51-41-68-72-70(42-51)84-69-38-18-14-33-57(69)76(72)59-43-58-64(44-65(59)81(68)49-26-9-4-10-27-49)80(48-24-7-3-8-25-48)67-40-50(82-61-35-15-11-28-52(61)54-30-19-21-46(45-77)73(54)82)39-66-71(67)75(58)56-32-13-17-37-63(56)79(66)47-22-5-2-6-23-47/h2-44H. The minimum absolute atomic E-state index is 0.114. The molecule has 14 aromatic rings. The SMILES string of the molecule is [C-]#[N+]c1cccc2c3ccccc3n(-c3cc4c5c(c3)N(c3ccccc3)c3cc6c(cc3B5c3ccccc3S4)B3c4ccccc4N(c4ccccc4)c4cc(-n5c7ccccc7c7cccc(C#N)c75)cc(c43)N6c3ccccc3)c12. The molecule has 18 rings (SSSR count). The molecule has 0 radical (unpaired) electrons. The van der Waals surface area contributed by atoms with E-state index in [1.807, 2.05) is 36.0 Å². The first-order chi connectivity index (χ1) is 41.6. The van der Waals surface area contributed by atoms with Crippen molar-refractivity contribution in [3.63, 3.8) is 0 Å². The van der Waals surface area contributed by atoms with E-state index >= 15 is 0 Å². The van der Waals surface area contributed by atoms with Gasteiger partial charge < -0.3 is 23.8 Å². The Labute approximate surface area is 489 Å². The molecule has 0 saturated carbocycles. The van der Waals surface area contributed by atoms with Gasteiger partial charge in [-0.2, -0.15) is 5.26 Å². The van der Waals surface area contributed by atoms with Gasteiger partial charge in [0.2, 0.25) is 12.4 Å². The summed E-state index contributed by atoms with van der Waals surface area (Å²) in [5.41, 5.74) is 24.3. The van der Waals surface area contributed by atoms with Crippen molar-refractivity contribution in [1.29, 1.82) is 5.26 Å². The third kappa shape index (κ3) is 6.43. The van der Waals surface area contributed by atoms with Crippen LogP contribution in [0.2, 0.25) is 0 Å². The molecule has 12 aromatic carbocycles. The van der Waals surface area contributed by atoms with Crippen LogP contribution >= 0.6 is 11.8 Å². The van der Waals surface area contributed by atoms with Gasteiger partial charge in [-0.1, -0.05) is 181 Å². The fourth-order valence-electron chi connectivity index (χ4n) is 14.7. The van der Waals surface area contributed by atoms with Crippen LogP contribution in [0.15, 0.2) is 271 Å². The highest BCUT2D eigenvalue weighted by Gasteiger charge is 2.48. The van der Waals surface area contributed by atoms with Crippen molar-refractivity contribution < 1.29 is 0 Å². The molecule has 4 aliphatic heterocycles. The number of hydrogen-bond donors (Lipinski definition) is 0. The number of nitriles is 1. The predicted molar refractivity (Wildman–Crippen MR) is 350 cm³/mol. The quantitative estimate of drug-likeness (QED) is 0.127. The van der Waals surface area contributed by atoms with E-state index in [-0.39, 0.29) is 13.4 Å². The zero-order valence-electron chi connectivity index (χ0n) is 45.0. The Morgan fingerprint density at radius 1 is 0.357 bits per heavy atom. The van der Waals surface area contributed by atoms with Crippen molar-refractivity contribution in [3.05, 3.63) is 278 Å². The molecule has 0 spiro atoms. The van der Waals surface area contributed by atoms with Gasteiger partial charge in [0.25, 0.3) is 6.71 Å². The van der Waals surface area contributed by atoms with Gasteiger partial charge >= 0.3 is 0 Å². The molecule has 0 N–H and O–H groups in total. The molecule has 7 nitrogen and oxygen atoms in total. The monoisotopic (exact) mass is 1080 g/mol. The Hall–Kier alpha value is -10.9. The second-order valence-corrected chi connectivity index (χ2v) is 23.2. The smallest absolute Gasteiger partial charge is 0.252 e. The highest BCUT2D eigenvalue weighted by Crippen LogP contribution is 2.50. The Balaban J connectivity index is 0.971. The maximum atomic E-state index is 10.9. The number of benzene rings is 12. The molecule has 0 bridgehead atoms. The number of fused-ring (bicyclic) bond motifs is 14. The molecule has 0 saturated heterocycles. The first-order valence-corrected chi connectivity index (χ1v) is 29.2. The van der Waals surface area contributed by atoms with Crippen molar-refractivity contribution in [2.24, 2.45) is 0 Å². The molecule has 0 atom stereocenters. The van der Waals surface area contributed by atoms with Crippen LogP contribution in [0.1, 0.15) is 5.56 Å². The number of rotatable bonds is 5. The summed E-state index contributed by atoms with van der Waals surface area (Å²) in [4.78, 5) is 14.1. The fraction of sp³-hybridized carbons (Fsp3) is 0. The van der Waals surface area contributed by atoms with Crippen LogP contribution in [0.25, 0.3) is 59.8 Å². The summed E-state index contributed by atoms with van der Waals surface area (Å²) in [5, 5.41) is 15.2. The van der Waals surface area contributed by atoms with Gasteiger partial charge in [-0.15, -0.1) is 0 Å². The van der Waals surface area contributed by atoms with E-state index in [2.05, 4.69) is 271 Å². The highest BCUT2D eigenvalue weighted by atomic mass is 32.2. The lowest BCUT2D eigenvalue weighted by Crippen LogP contribution is -2.64. The Morgan fingerprint density at radius 2 is 0.833 bits per heavy atom. The van der Waals surface area contributed by atoms with Crippen LogP contribution in [0.5, 0.6) is 0 Å². The molecule has 0 unspecified atom stereocenters. The van der Waals surface area contributed by atoms with Crippen LogP contribution in [-0.4, -0.2) is 22.6 Å². The average molecular weight is 1080 g/mol. The van der Waals surface area contributed by atoms with Gasteiger partial charge in [0.15, 0.2) is 0 Å². The average Bonchev–Trinajstić information content (AvgIpc) is 1.25. The van der Waals surface area contributed by atoms with Gasteiger partial charge in [0, 0.05) is 82.8 Å². The number of aromatic nitrogens is 2. The van der Waals surface area contributed by atoms with E-state index in [4.69, 9.17) is 6.57 Å². The summed E-state index contributed by atoms with van der Waals surface area (Å²) in [5.74, 6) is 0. The molecule has 386 valence electrons. The maximum absolute atomic E-state index is 10.9. The lowest BCUT2D eigenvalue weighted by atomic mass is 9.30. The van der Waals surface area contributed by atoms with Gasteiger partial charge in [0.05, 0.1) is 39.9 Å². The first-order valence-electron chi connectivity index (χ1n) is 28.4. The molecule has 0 aliphatic carbocycles. The normalized spacial score (nSPS) is 13.3. The van der Waals surface area contributed by atoms with E-state index in [1.165, 1.54) is 42.6 Å². The largest absolute Gasteiger partial charge is 0.319 e. The molecule has 6 heterocycles. The summed E-state index contributed by atoms with van der Waals surface area (Å²) >= 11 is 1.85. The van der Waals surface area contributed by atoms with Crippen LogP contribution in [0, 0.1) is 17.9 Å².